The summed E-state index contributed by atoms with van der Waals surface area (Å²) in [6.45, 7) is 6.88. The Kier molecular flexibility index (Phi) is 3.96. The fourth-order valence-electron chi connectivity index (χ4n) is 1.32. The molecule has 1 aromatic heterocycles. The lowest BCUT2D eigenvalue weighted by Crippen LogP contribution is -2.29. The molecule has 0 saturated heterocycles. The Morgan fingerprint density at radius 1 is 1.54 bits per heavy atom. The van der Waals surface area contributed by atoms with E-state index >= 15 is 0 Å². The number of nitrogens with zero attached hydrogens (tertiary/aromatic N) is 2. The summed E-state index contributed by atoms with van der Waals surface area (Å²) in [7, 11) is 2.06. The second-order valence-electron chi connectivity index (χ2n) is 3.20. The molecule has 0 amide bonds. The van der Waals surface area contributed by atoms with Crippen LogP contribution in [0.2, 0.25) is 0 Å². The standard InChI is InChI=1S/C10H19N2O/c1-4-13-9-5-6-12-8-7-11(3)10(12)2/h7-8H,4-6,9H2,1-3H3/q+1. The van der Waals surface area contributed by atoms with Gasteiger partial charge in [0.2, 0.25) is 0 Å². The number of hydrogen-bond acceptors (Lipinski definition) is 1. The third kappa shape index (κ3) is 2.84. The normalized spacial score (nSPS) is 10.7. The van der Waals surface area contributed by atoms with Crippen LogP contribution in [0.1, 0.15) is 19.2 Å². The van der Waals surface area contributed by atoms with Crippen molar-refractivity contribution in [2.75, 3.05) is 13.2 Å². The molecule has 1 aromatic rings. The number of ether oxygens (including phenoxy) is 1. The van der Waals surface area contributed by atoms with E-state index < -0.39 is 0 Å². The van der Waals surface area contributed by atoms with E-state index in [0.717, 1.165) is 26.2 Å². The predicted molar refractivity (Wildman–Crippen MR) is 51.5 cm³/mol. The van der Waals surface area contributed by atoms with Crippen molar-refractivity contribution in [2.24, 2.45) is 7.05 Å². The molecule has 74 valence electrons. The predicted octanol–water partition coefficient (Wildman–Crippen LogP) is 1.05. The van der Waals surface area contributed by atoms with E-state index in [1.165, 1.54) is 5.82 Å². The molecule has 0 N–H and O–H groups in total. The first-order chi connectivity index (χ1) is 6.25. The van der Waals surface area contributed by atoms with Crippen molar-refractivity contribution < 1.29 is 9.30 Å². The molecular formula is C10H19N2O+. The summed E-state index contributed by atoms with van der Waals surface area (Å²) >= 11 is 0. The van der Waals surface area contributed by atoms with Gasteiger partial charge in [0, 0.05) is 20.0 Å². The van der Waals surface area contributed by atoms with Crippen molar-refractivity contribution in [1.82, 2.24) is 4.57 Å². The van der Waals surface area contributed by atoms with Gasteiger partial charge in [-0.05, 0) is 6.92 Å². The van der Waals surface area contributed by atoms with Crippen LogP contribution in [0.5, 0.6) is 0 Å². The SMILES string of the molecule is CCOCCCn1cc[n+](C)c1C. The van der Waals surface area contributed by atoms with E-state index in [0.29, 0.717) is 0 Å². The summed E-state index contributed by atoms with van der Waals surface area (Å²) in [5.41, 5.74) is 0. The van der Waals surface area contributed by atoms with Crippen LogP contribution in [0.3, 0.4) is 0 Å². The van der Waals surface area contributed by atoms with Gasteiger partial charge in [0.15, 0.2) is 0 Å². The molecule has 0 aliphatic rings. The summed E-state index contributed by atoms with van der Waals surface area (Å²) in [5, 5.41) is 0. The highest BCUT2D eigenvalue weighted by Crippen LogP contribution is 1.95. The molecule has 0 aromatic carbocycles. The summed E-state index contributed by atoms with van der Waals surface area (Å²) in [5.74, 6) is 1.29. The molecule has 1 rings (SSSR count). The lowest BCUT2D eigenvalue weighted by Gasteiger charge is -2.00. The highest BCUT2D eigenvalue weighted by molar-refractivity contribution is 4.78. The number of hydrogen-bond donors (Lipinski definition) is 0. The van der Waals surface area contributed by atoms with E-state index in [-0.39, 0.29) is 0 Å². The van der Waals surface area contributed by atoms with Crippen LogP contribution in [-0.2, 0) is 18.3 Å². The van der Waals surface area contributed by atoms with Crippen molar-refractivity contribution in [3.05, 3.63) is 18.2 Å². The minimum absolute atomic E-state index is 0.818. The summed E-state index contributed by atoms with van der Waals surface area (Å²) < 4.78 is 9.66. The molecule has 0 bridgehead atoms. The fraction of sp³-hybridized carbons (Fsp3) is 0.700. The lowest BCUT2D eigenvalue weighted by atomic mass is 10.4. The zero-order chi connectivity index (χ0) is 9.68. The maximum Gasteiger partial charge on any atom is 0.253 e. The van der Waals surface area contributed by atoms with Gasteiger partial charge in [0.1, 0.15) is 12.4 Å². The Bertz CT molecular complexity index is 255. The minimum Gasteiger partial charge on any atom is -0.382 e. The Morgan fingerprint density at radius 2 is 2.31 bits per heavy atom. The second-order valence-corrected chi connectivity index (χ2v) is 3.20. The van der Waals surface area contributed by atoms with E-state index in [4.69, 9.17) is 4.74 Å². The topological polar surface area (TPSA) is 18.0 Å². The average molecular weight is 183 g/mol. The maximum atomic E-state index is 5.28. The molecule has 0 atom stereocenters. The number of rotatable bonds is 5. The van der Waals surface area contributed by atoms with Gasteiger partial charge in [0.25, 0.3) is 5.82 Å². The highest BCUT2D eigenvalue weighted by Gasteiger charge is 2.06. The quantitative estimate of drug-likeness (QED) is 0.493. The Morgan fingerprint density at radius 3 is 2.85 bits per heavy atom. The lowest BCUT2D eigenvalue weighted by molar-refractivity contribution is -0.677. The van der Waals surface area contributed by atoms with Gasteiger partial charge < -0.3 is 4.74 Å². The zero-order valence-corrected chi connectivity index (χ0v) is 8.79. The van der Waals surface area contributed by atoms with Gasteiger partial charge in [-0.15, -0.1) is 0 Å². The molecular weight excluding hydrogens is 164 g/mol. The van der Waals surface area contributed by atoms with Crippen molar-refractivity contribution >= 4 is 0 Å². The molecule has 3 nitrogen and oxygen atoms in total. The molecule has 0 saturated carbocycles. The first-order valence-electron chi connectivity index (χ1n) is 4.84. The number of aryl methyl sites for hydroxylation is 2. The fourth-order valence-corrected chi connectivity index (χ4v) is 1.32. The summed E-state index contributed by atoms with van der Waals surface area (Å²) in [6, 6.07) is 0. The van der Waals surface area contributed by atoms with Crippen molar-refractivity contribution in [3.63, 3.8) is 0 Å². The van der Waals surface area contributed by atoms with Crippen LogP contribution in [0.4, 0.5) is 0 Å². The molecule has 13 heavy (non-hydrogen) atoms. The minimum atomic E-state index is 0.818. The summed E-state index contributed by atoms with van der Waals surface area (Å²) in [6.07, 6.45) is 5.28. The molecule has 0 aliphatic heterocycles. The molecule has 0 fully saturated rings. The van der Waals surface area contributed by atoms with Gasteiger partial charge in [-0.25, -0.2) is 9.13 Å². The summed E-state index contributed by atoms with van der Waals surface area (Å²) in [4.78, 5) is 0. The number of imidazole rings is 1. The third-order valence-electron chi connectivity index (χ3n) is 2.29. The Hall–Kier alpha value is -0.830. The van der Waals surface area contributed by atoms with E-state index in [1.807, 2.05) is 6.92 Å². The van der Waals surface area contributed by atoms with Gasteiger partial charge >= 0.3 is 0 Å². The van der Waals surface area contributed by atoms with Gasteiger partial charge in [-0.1, -0.05) is 0 Å². The first-order valence-corrected chi connectivity index (χ1v) is 4.84. The van der Waals surface area contributed by atoms with Crippen LogP contribution in [0, 0.1) is 6.92 Å². The average Bonchev–Trinajstić information content (AvgIpc) is 2.43. The smallest absolute Gasteiger partial charge is 0.253 e. The number of aromatic nitrogens is 2. The van der Waals surface area contributed by atoms with Crippen LogP contribution >= 0.6 is 0 Å². The van der Waals surface area contributed by atoms with E-state index in [2.05, 4.69) is 35.5 Å². The third-order valence-corrected chi connectivity index (χ3v) is 2.29. The molecule has 0 aliphatic carbocycles. The van der Waals surface area contributed by atoms with Gasteiger partial charge in [-0.3, -0.25) is 0 Å². The first kappa shape index (κ1) is 10.3. The van der Waals surface area contributed by atoms with Crippen LogP contribution in [-0.4, -0.2) is 17.8 Å². The molecule has 0 unspecified atom stereocenters. The van der Waals surface area contributed by atoms with E-state index in [9.17, 15) is 0 Å². The Labute approximate surface area is 79.9 Å². The largest absolute Gasteiger partial charge is 0.382 e. The van der Waals surface area contributed by atoms with Gasteiger partial charge in [-0.2, -0.15) is 0 Å². The zero-order valence-electron chi connectivity index (χ0n) is 8.79. The Balaban J connectivity index is 2.32. The highest BCUT2D eigenvalue weighted by atomic mass is 16.5. The maximum absolute atomic E-state index is 5.28. The van der Waals surface area contributed by atoms with Crippen molar-refractivity contribution in [3.8, 4) is 0 Å². The van der Waals surface area contributed by atoms with Crippen LogP contribution in [0.15, 0.2) is 12.4 Å². The second kappa shape index (κ2) is 5.02. The molecule has 0 radical (unpaired) electrons. The van der Waals surface area contributed by atoms with Crippen molar-refractivity contribution in [2.45, 2.75) is 26.8 Å². The van der Waals surface area contributed by atoms with E-state index in [1.54, 1.807) is 0 Å². The van der Waals surface area contributed by atoms with Crippen LogP contribution < -0.4 is 4.57 Å². The van der Waals surface area contributed by atoms with Crippen molar-refractivity contribution in [1.29, 1.82) is 0 Å². The molecule has 1 heterocycles. The molecule has 0 spiro atoms. The van der Waals surface area contributed by atoms with Crippen LogP contribution in [0.25, 0.3) is 0 Å². The monoisotopic (exact) mass is 183 g/mol. The van der Waals surface area contributed by atoms with Gasteiger partial charge in [0.05, 0.1) is 20.2 Å². The molecule has 3 heteroatoms.